The Hall–Kier alpha value is -1.24. The zero-order valence-corrected chi connectivity index (χ0v) is 9.00. The molecule has 2 atom stereocenters. The maximum absolute atomic E-state index is 4.01. The van der Waals surface area contributed by atoms with E-state index >= 15 is 0 Å². The Kier molecular flexibility index (Phi) is 1.88. The SMILES string of the molecule is C=C[C@H]1CCC[C@]12CNc1ccccc12. The minimum atomic E-state index is 0.359. The first-order valence-electron chi connectivity index (χ1n) is 5.83. The van der Waals surface area contributed by atoms with Crippen LogP contribution in [-0.2, 0) is 5.41 Å². The first-order valence-corrected chi connectivity index (χ1v) is 5.83. The lowest BCUT2D eigenvalue weighted by Crippen LogP contribution is -2.31. The highest BCUT2D eigenvalue weighted by atomic mass is 14.9. The number of allylic oxidation sites excluding steroid dienone is 1. The van der Waals surface area contributed by atoms with Crippen molar-refractivity contribution in [2.75, 3.05) is 11.9 Å². The normalized spacial score (nSPS) is 32.7. The van der Waals surface area contributed by atoms with Crippen LogP contribution in [0.1, 0.15) is 24.8 Å². The van der Waals surface area contributed by atoms with E-state index in [-0.39, 0.29) is 0 Å². The predicted molar refractivity (Wildman–Crippen MR) is 64.1 cm³/mol. The van der Waals surface area contributed by atoms with Crippen LogP contribution in [0.5, 0.6) is 0 Å². The van der Waals surface area contributed by atoms with Gasteiger partial charge in [0.15, 0.2) is 0 Å². The third-order valence-electron chi connectivity index (χ3n) is 4.19. The highest BCUT2D eigenvalue weighted by molar-refractivity contribution is 5.61. The van der Waals surface area contributed by atoms with Gasteiger partial charge >= 0.3 is 0 Å². The lowest BCUT2D eigenvalue weighted by Gasteiger charge is -2.29. The van der Waals surface area contributed by atoms with Crippen LogP contribution in [0.3, 0.4) is 0 Å². The highest BCUT2D eigenvalue weighted by Gasteiger charge is 2.46. The molecule has 1 heterocycles. The molecule has 1 fully saturated rings. The van der Waals surface area contributed by atoms with E-state index in [4.69, 9.17) is 0 Å². The number of para-hydroxylation sites is 1. The van der Waals surface area contributed by atoms with Gasteiger partial charge in [0, 0.05) is 17.6 Å². The molecule has 1 aromatic rings. The summed E-state index contributed by atoms with van der Waals surface area (Å²) in [5.41, 5.74) is 3.22. The van der Waals surface area contributed by atoms with Crippen LogP contribution in [0.15, 0.2) is 36.9 Å². The van der Waals surface area contributed by atoms with Crippen LogP contribution in [0.25, 0.3) is 0 Å². The van der Waals surface area contributed by atoms with E-state index in [1.54, 1.807) is 0 Å². The van der Waals surface area contributed by atoms with Crippen molar-refractivity contribution in [3.63, 3.8) is 0 Å². The second-order valence-electron chi connectivity index (χ2n) is 4.79. The van der Waals surface area contributed by atoms with E-state index in [1.165, 1.54) is 30.5 Å². The molecule has 1 saturated carbocycles. The molecule has 1 aliphatic carbocycles. The van der Waals surface area contributed by atoms with E-state index in [1.807, 2.05) is 0 Å². The van der Waals surface area contributed by atoms with Crippen molar-refractivity contribution in [3.8, 4) is 0 Å². The van der Waals surface area contributed by atoms with E-state index < -0.39 is 0 Å². The van der Waals surface area contributed by atoms with Gasteiger partial charge in [-0.3, -0.25) is 0 Å². The van der Waals surface area contributed by atoms with Gasteiger partial charge in [-0.15, -0.1) is 6.58 Å². The maximum atomic E-state index is 4.01. The first-order chi connectivity index (χ1) is 7.37. The lowest BCUT2D eigenvalue weighted by atomic mass is 9.74. The van der Waals surface area contributed by atoms with Crippen LogP contribution < -0.4 is 5.32 Å². The van der Waals surface area contributed by atoms with Crippen molar-refractivity contribution in [1.29, 1.82) is 0 Å². The fraction of sp³-hybridized carbons (Fsp3) is 0.429. The van der Waals surface area contributed by atoms with Crippen molar-refractivity contribution >= 4 is 5.69 Å². The average Bonchev–Trinajstić information content (AvgIpc) is 2.86. The third-order valence-corrected chi connectivity index (χ3v) is 4.19. The summed E-state index contributed by atoms with van der Waals surface area (Å²) in [6, 6.07) is 8.76. The number of rotatable bonds is 1. The summed E-state index contributed by atoms with van der Waals surface area (Å²) in [5.74, 6) is 0.661. The fourth-order valence-electron chi connectivity index (χ4n) is 3.42. The Morgan fingerprint density at radius 3 is 3.13 bits per heavy atom. The maximum Gasteiger partial charge on any atom is 0.0379 e. The van der Waals surface area contributed by atoms with Crippen molar-refractivity contribution in [2.24, 2.45) is 5.92 Å². The Bertz CT molecular complexity index is 396. The molecule has 0 bridgehead atoms. The van der Waals surface area contributed by atoms with E-state index in [0.29, 0.717) is 11.3 Å². The molecule has 1 heteroatoms. The van der Waals surface area contributed by atoms with Crippen LogP contribution in [0.4, 0.5) is 5.69 Å². The Morgan fingerprint density at radius 1 is 1.40 bits per heavy atom. The van der Waals surface area contributed by atoms with E-state index in [0.717, 1.165) is 6.54 Å². The van der Waals surface area contributed by atoms with Gasteiger partial charge in [-0.2, -0.15) is 0 Å². The largest absolute Gasteiger partial charge is 0.384 e. The minimum Gasteiger partial charge on any atom is -0.384 e. The first kappa shape index (κ1) is 9.02. The molecule has 15 heavy (non-hydrogen) atoms. The van der Waals surface area contributed by atoms with Gasteiger partial charge in [-0.25, -0.2) is 0 Å². The van der Waals surface area contributed by atoms with Gasteiger partial charge in [-0.05, 0) is 30.4 Å². The summed E-state index contributed by atoms with van der Waals surface area (Å²) in [6.45, 7) is 5.11. The van der Waals surface area contributed by atoms with Gasteiger partial charge in [-0.1, -0.05) is 30.7 Å². The summed E-state index contributed by atoms with van der Waals surface area (Å²) in [6.07, 6.45) is 6.12. The lowest BCUT2D eigenvalue weighted by molar-refractivity contribution is 0.406. The Balaban J connectivity index is 2.11. The van der Waals surface area contributed by atoms with Gasteiger partial charge < -0.3 is 5.32 Å². The zero-order valence-electron chi connectivity index (χ0n) is 9.00. The molecule has 1 aliphatic heterocycles. The van der Waals surface area contributed by atoms with Crippen molar-refractivity contribution in [1.82, 2.24) is 0 Å². The summed E-state index contributed by atoms with van der Waals surface area (Å²) >= 11 is 0. The number of fused-ring (bicyclic) bond motifs is 2. The van der Waals surface area contributed by atoms with Gasteiger partial charge in [0.2, 0.25) is 0 Å². The number of hydrogen-bond acceptors (Lipinski definition) is 1. The van der Waals surface area contributed by atoms with Gasteiger partial charge in [0.05, 0.1) is 0 Å². The molecule has 0 aromatic heterocycles. The number of hydrogen-bond donors (Lipinski definition) is 1. The number of anilines is 1. The molecule has 0 radical (unpaired) electrons. The molecule has 2 aliphatic rings. The molecule has 1 spiro atoms. The van der Waals surface area contributed by atoms with Gasteiger partial charge in [0.1, 0.15) is 0 Å². The molecule has 1 N–H and O–H groups in total. The number of benzene rings is 1. The fourth-order valence-corrected chi connectivity index (χ4v) is 3.42. The molecule has 1 aromatic carbocycles. The molecule has 0 saturated heterocycles. The molecule has 78 valence electrons. The van der Waals surface area contributed by atoms with Crippen LogP contribution in [-0.4, -0.2) is 6.54 Å². The van der Waals surface area contributed by atoms with Crippen molar-refractivity contribution < 1.29 is 0 Å². The molecular weight excluding hydrogens is 182 g/mol. The Morgan fingerprint density at radius 2 is 2.27 bits per heavy atom. The summed E-state index contributed by atoms with van der Waals surface area (Å²) in [7, 11) is 0. The molecule has 0 unspecified atom stereocenters. The third kappa shape index (κ3) is 1.09. The van der Waals surface area contributed by atoms with Gasteiger partial charge in [0.25, 0.3) is 0 Å². The molecular formula is C14H17N. The predicted octanol–water partition coefficient (Wildman–Crippen LogP) is 3.34. The molecule has 1 nitrogen and oxygen atoms in total. The summed E-state index contributed by atoms with van der Waals surface area (Å²) in [4.78, 5) is 0. The highest BCUT2D eigenvalue weighted by Crippen LogP contribution is 2.51. The Labute approximate surface area is 91.2 Å². The standard InChI is InChI=1S/C14H17N/c1-2-11-6-5-9-14(11)10-15-13-8-4-3-7-12(13)14/h2-4,7-8,11,15H,1,5-6,9-10H2/t11-,14-/m0/s1. The molecule has 3 rings (SSSR count). The second kappa shape index (κ2) is 3.13. The van der Waals surface area contributed by atoms with E-state index in [2.05, 4.69) is 42.2 Å². The quantitative estimate of drug-likeness (QED) is 0.684. The number of nitrogens with one attached hydrogen (secondary N) is 1. The smallest absolute Gasteiger partial charge is 0.0379 e. The van der Waals surface area contributed by atoms with Crippen LogP contribution in [0, 0.1) is 5.92 Å². The van der Waals surface area contributed by atoms with Crippen molar-refractivity contribution in [3.05, 3.63) is 42.5 Å². The molecule has 0 amide bonds. The van der Waals surface area contributed by atoms with Crippen LogP contribution >= 0.6 is 0 Å². The zero-order chi connectivity index (χ0) is 10.3. The topological polar surface area (TPSA) is 12.0 Å². The monoisotopic (exact) mass is 199 g/mol. The average molecular weight is 199 g/mol. The summed E-state index contributed by atoms with van der Waals surface area (Å²) in [5, 5.41) is 3.55. The van der Waals surface area contributed by atoms with Crippen molar-refractivity contribution in [2.45, 2.75) is 24.7 Å². The minimum absolute atomic E-state index is 0.359. The van der Waals surface area contributed by atoms with E-state index in [9.17, 15) is 0 Å². The second-order valence-corrected chi connectivity index (χ2v) is 4.79. The van der Waals surface area contributed by atoms with Crippen LogP contribution in [0.2, 0.25) is 0 Å². The summed E-state index contributed by atoms with van der Waals surface area (Å²) < 4.78 is 0.